The third kappa shape index (κ3) is 5.37. The molecule has 0 spiro atoms. The van der Waals surface area contributed by atoms with Gasteiger partial charge in [0.25, 0.3) is 0 Å². The first-order valence-electron chi connectivity index (χ1n) is 11.4. The van der Waals surface area contributed by atoms with Crippen LogP contribution in [-0.2, 0) is 4.74 Å². The third-order valence-corrected chi connectivity index (χ3v) is 7.23. The van der Waals surface area contributed by atoms with E-state index in [9.17, 15) is 0 Å². The number of rotatable bonds is 9. The van der Waals surface area contributed by atoms with E-state index in [0.717, 1.165) is 27.1 Å². The number of hydrogen-bond acceptors (Lipinski definition) is 6. The molecule has 6 nitrogen and oxygen atoms in total. The Morgan fingerprint density at radius 3 is 2.64 bits per heavy atom. The van der Waals surface area contributed by atoms with E-state index in [0.29, 0.717) is 29.1 Å². The topological polar surface area (TPSA) is 59.8 Å². The number of halogens is 1. The molecule has 184 valence electrons. The van der Waals surface area contributed by atoms with Crippen molar-refractivity contribution >= 4 is 46.4 Å². The minimum absolute atomic E-state index is 0.212. The van der Waals surface area contributed by atoms with Crippen molar-refractivity contribution in [1.82, 2.24) is 10.3 Å². The van der Waals surface area contributed by atoms with Gasteiger partial charge in [0.1, 0.15) is 24.2 Å². The van der Waals surface area contributed by atoms with E-state index in [-0.39, 0.29) is 12.1 Å². The molecular weight excluding hydrogens is 514 g/mol. The van der Waals surface area contributed by atoms with E-state index in [1.54, 1.807) is 25.1 Å². The van der Waals surface area contributed by atoms with Gasteiger partial charge in [0.15, 0.2) is 10.2 Å². The molecule has 1 N–H and O–H groups in total. The number of hydrogen-bond donors (Lipinski definition) is 1. The zero-order chi connectivity index (χ0) is 24.9. The van der Waals surface area contributed by atoms with Gasteiger partial charge in [0, 0.05) is 23.9 Å². The molecule has 2 atom stereocenters. The lowest BCUT2D eigenvalue weighted by Gasteiger charge is -2.26. The molecule has 2 aromatic heterocycles. The van der Waals surface area contributed by atoms with Crippen LogP contribution in [0.4, 0.5) is 5.69 Å². The standard InChI is InChI=1S/C27H24ClN3O3S2/c1-32-15-16-33-22-11-10-18(17-20(22)28)31-26(25(30-27(31)35)21-9-5-6-14-29-21)23-12-13-24(34-23)36-19-7-3-2-4-8-19/h2-14,17,25-26H,15-16H2,1H3,(H,30,35)/t25-,26-/m1/s1. The predicted molar refractivity (Wildman–Crippen MR) is 146 cm³/mol. The fraction of sp³-hybridized carbons (Fsp3) is 0.185. The quantitative estimate of drug-likeness (QED) is 0.187. The van der Waals surface area contributed by atoms with Crippen LogP contribution in [0.2, 0.25) is 5.02 Å². The van der Waals surface area contributed by atoms with Crippen LogP contribution in [-0.4, -0.2) is 30.4 Å². The summed E-state index contributed by atoms with van der Waals surface area (Å²) in [6.45, 7) is 0.895. The maximum Gasteiger partial charge on any atom is 0.174 e. The smallest absolute Gasteiger partial charge is 0.174 e. The Morgan fingerprint density at radius 2 is 1.89 bits per heavy atom. The summed E-state index contributed by atoms with van der Waals surface area (Å²) in [6, 6.07) is 25.1. The minimum Gasteiger partial charge on any atom is -0.490 e. The van der Waals surface area contributed by atoms with Crippen molar-refractivity contribution in [2.75, 3.05) is 25.2 Å². The number of anilines is 1. The maximum absolute atomic E-state index is 6.58. The fourth-order valence-electron chi connectivity index (χ4n) is 4.07. The minimum atomic E-state index is -0.270. The van der Waals surface area contributed by atoms with Crippen molar-refractivity contribution < 1.29 is 13.9 Å². The summed E-state index contributed by atoms with van der Waals surface area (Å²) in [5.74, 6) is 1.36. The van der Waals surface area contributed by atoms with Crippen molar-refractivity contribution in [3.05, 3.63) is 102 Å². The molecular formula is C27H24ClN3O3S2. The monoisotopic (exact) mass is 537 g/mol. The molecule has 3 heterocycles. The third-order valence-electron chi connectivity index (χ3n) is 5.69. The van der Waals surface area contributed by atoms with E-state index < -0.39 is 0 Å². The molecule has 0 saturated carbocycles. The lowest BCUT2D eigenvalue weighted by molar-refractivity contribution is 0.146. The molecule has 9 heteroatoms. The van der Waals surface area contributed by atoms with Crippen molar-refractivity contribution in [2.45, 2.75) is 22.1 Å². The summed E-state index contributed by atoms with van der Waals surface area (Å²) in [4.78, 5) is 7.72. The van der Waals surface area contributed by atoms with Crippen molar-refractivity contribution in [1.29, 1.82) is 0 Å². The SMILES string of the molecule is COCCOc1ccc(N2C(=S)N[C@H](c3ccccn3)[C@H]2c2ccc(Sc3ccccc3)o2)cc1Cl. The molecule has 4 aromatic rings. The molecule has 0 unspecified atom stereocenters. The number of pyridine rings is 1. The molecule has 0 aliphatic carbocycles. The second kappa shape index (κ2) is 11.3. The molecule has 1 saturated heterocycles. The molecule has 0 amide bonds. The number of nitrogens with zero attached hydrogens (tertiary/aromatic N) is 2. The Labute approximate surface area is 224 Å². The van der Waals surface area contributed by atoms with Gasteiger partial charge in [-0.2, -0.15) is 0 Å². The van der Waals surface area contributed by atoms with E-state index in [4.69, 9.17) is 37.7 Å². The Kier molecular flexibility index (Phi) is 7.77. The van der Waals surface area contributed by atoms with Crippen molar-refractivity contribution in [2.24, 2.45) is 0 Å². The van der Waals surface area contributed by atoms with E-state index in [2.05, 4.69) is 22.4 Å². The number of methoxy groups -OCH3 is 1. The van der Waals surface area contributed by atoms with Crippen molar-refractivity contribution in [3.8, 4) is 5.75 Å². The number of nitrogens with one attached hydrogen (secondary N) is 1. The first-order chi connectivity index (χ1) is 17.6. The van der Waals surface area contributed by atoms with Crippen LogP contribution < -0.4 is 15.0 Å². The molecule has 36 heavy (non-hydrogen) atoms. The first-order valence-corrected chi connectivity index (χ1v) is 13.0. The molecule has 1 aliphatic heterocycles. The highest BCUT2D eigenvalue weighted by Crippen LogP contribution is 2.44. The van der Waals surface area contributed by atoms with Crippen LogP contribution in [0.25, 0.3) is 0 Å². The Balaban J connectivity index is 1.49. The van der Waals surface area contributed by atoms with E-state index in [1.807, 2.05) is 71.6 Å². The van der Waals surface area contributed by atoms with Gasteiger partial charge in [-0.1, -0.05) is 47.6 Å². The van der Waals surface area contributed by atoms with Gasteiger partial charge in [0.2, 0.25) is 0 Å². The lowest BCUT2D eigenvalue weighted by atomic mass is 10.0. The van der Waals surface area contributed by atoms with Crippen LogP contribution in [0.15, 0.2) is 99.5 Å². The second-order valence-electron chi connectivity index (χ2n) is 8.02. The highest BCUT2D eigenvalue weighted by Gasteiger charge is 2.42. The highest BCUT2D eigenvalue weighted by atomic mass is 35.5. The molecule has 0 radical (unpaired) electrons. The average molecular weight is 538 g/mol. The van der Waals surface area contributed by atoms with Crippen LogP contribution in [0, 0.1) is 0 Å². The van der Waals surface area contributed by atoms with Crippen LogP contribution in [0.3, 0.4) is 0 Å². The summed E-state index contributed by atoms with van der Waals surface area (Å²) < 4.78 is 17.2. The van der Waals surface area contributed by atoms with Gasteiger partial charge >= 0.3 is 0 Å². The first kappa shape index (κ1) is 24.6. The molecule has 0 bridgehead atoms. The Morgan fingerprint density at radius 1 is 1.06 bits per heavy atom. The summed E-state index contributed by atoms with van der Waals surface area (Å²) >= 11 is 14.0. The number of ether oxygens (including phenoxy) is 2. The van der Waals surface area contributed by atoms with Gasteiger partial charge in [0.05, 0.1) is 23.4 Å². The zero-order valence-electron chi connectivity index (χ0n) is 19.5. The van der Waals surface area contributed by atoms with Crippen molar-refractivity contribution in [3.63, 3.8) is 0 Å². The van der Waals surface area contributed by atoms with Gasteiger partial charge in [-0.05, 0) is 66.8 Å². The molecule has 2 aromatic carbocycles. The largest absolute Gasteiger partial charge is 0.490 e. The Hall–Kier alpha value is -3.04. The lowest BCUT2D eigenvalue weighted by Crippen LogP contribution is -2.29. The highest BCUT2D eigenvalue weighted by molar-refractivity contribution is 7.99. The van der Waals surface area contributed by atoms with E-state index >= 15 is 0 Å². The second-order valence-corrected chi connectivity index (χ2v) is 9.90. The molecule has 1 aliphatic rings. The number of furan rings is 1. The zero-order valence-corrected chi connectivity index (χ0v) is 21.9. The summed E-state index contributed by atoms with van der Waals surface area (Å²) in [5, 5.41) is 5.29. The average Bonchev–Trinajstić information content (AvgIpc) is 3.50. The maximum atomic E-state index is 6.58. The molecule has 5 rings (SSSR count). The van der Waals surface area contributed by atoms with Gasteiger partial charge < -0.3 is 24.1 Å². The van der Waals surface area contributed by atoms with E-state index in [1.165, 1.54) is 0 Å². The van der Waals surface area contributed by atoms with Gasteiger partial charge in [-0.3, -0.25) is 4.98 Å². The number of aromatic nitrogens is 1. The van der Waals surface area contributed by atoms with Crippen LogP contribution >= 0.6 is 35.6 Å². The van der Waals surface area contributed by atoms with Gasteiger partial charge in [-0.15, -0.1) is 0 Å². The van der Waals surface area contributed by atoms with Crippen LogP contribution in [0.5, 0.6) is 5.75 Å². The fourth-order valence-corrected chi connectivity index (χ4v) is 5.44. The molecule has 1 fully saturated rings. The summed E-state index contributed by atoms with van der Waals surface area (Å²) in [6.07, 6.45) is 1.78. The number of thiocarbonyl (C=S) groups is 1. The summed E-state index contributed by atoms with van der Waals surface area (Å²) in [5.41, 5.74) is 1.69. The predicted octanol–water partition coefficient (Wildman–Crippen LogP) is 6.68. The van der Waals surface area contributed by atoms with Gasteiger partial charge in [-0.25, -0.2) is 0 Å². The summed E-state index contributed by atoms with van der Waals surface area (Å²) in [7, 11) is 1.63. The Bertz CT molecular complexity index is 1320. The number of benzene rings is 2. The normalized spacial score (nSPS) is 17.3. The van der Waals surface area contributed by atoms with Crippen LogP contribution in [0.1, 0.15) is 23.5 Å².